The Labute approximate surface area is 465 Å². The molecule has 1 aliphatic rings. The van der Waals surface area contributed by atoms with Crippen molar-refractivity contribution in [2.75, 3.05) is 13.6 Å². The van der Waals surface area contributed by atoms with Crippen LogP contribution in [0.2, 0.25) is 0 Å². The van der Waals surface area contributed by atoms with Crippen LogP contribution in [-0.2, 0) is 68.7 Å². The normalized spacial score (nSPS) is 26.9. The number of primary amides is 1. The van der Waals surface area contributed by atoms with Crippen molar-refractivity contribution in [2.24, 2.45) is 17.6 Å². The van der Waals surface area contributed by atoms with Gasteiger partial charge in [0, 0.05) is 24.8 Å². The maximum absolute atomic E-state index is 14.2. The van der Waals surface area contributed by atoms with Crippen LogP contribution in [0.1, 0.15) is 113 Å². The van der Waals surface area contributed by atoms with Crippen LogP contribution in [0.15, 0.2) is 30.3 Å². The Kier molecular flexibility index (Phi) is 28.9. The standard InChI is InChI=1S/C52H82ClN11O15/c1-11-16-33-52(78)79-31(9)44(63-46(72)34(56-25-65)20-26(3)4)38(67)23-40(69)57-29(7)51(77)64(10)37(17-12-2)48(74)61-42(27(5)28(6)53)49(75)60-36(22-39(54)68)47(73)62-43(30(8)66)50(76)59-35(21-32-18-14-13-15-19-32)45(71)55-24-41(70)58-33/h13-15,18-19,25-31,33-38,42-44,66-67H,11-12,16-17,20-24H2,1-10H3,(H2,54,68)(H,55,71)(H,56,65)(H,57,69)(H,58,70)(H,59,76)(H,60,75)(H,61,74)(H,62,73)(H,63,72)/t27-,28-,29-,30-,31-,33-,34-,35+,36-,37-,38+,42-,43-,44+/m1/s1. The number of benzene rings is 1. The number of halogens is 1. The number of alkyl halides is 1. The summed E-state index contributed by atoms with van der Waals surface area (Å²) in [5.74, 6) is -11.7. The highest BCUT2D eigenvalue weighted by atomic mass is 35.5. The van der Waals surface area contributed by atoms with Gasteiger partial charge in [-0.05, 0) is 58.4 Å². The number of hydrogen-bond donors (Lipinski definition) is 12. The Hall–Kier alpha value is -6.93. The number of esters is 1. The molecule has 0 radical (unpaired) electrons. The van der Waals surface area contributed by atoms with Gasteiger partial charge in [-0.15, -0.1) is 11.6 Å². The molecule has 2 rings (SSSR count). The molecule has 14 atom stereocenters. The van der Waals surface area contributed by atoms with E-state index in [0.29, 0.717) is 24.8 Å². The topological polar surface area (TPSA) is 392 Å². The fourth-order valence-corrected chi connectivity index (χ4v) is 8.67. The molecule has 0 unspecified atom stereocenters. The maximum atomic E-state index is 14.2. The number of carbonyl (C=O) groups excluding carboxylic acids is 12. The first-order valence-electron chi connectivity index (χ1n) is 26.4. The van der Waals surface area contributed by atoms with Gasteiger partial charge in [-0.1, -0.05) is 77.8 Å². The molecule has 1 aromatic carbocycles. The van der Waals surface area contributed by atoms with Crippen LogP contribution < -0.4 is 53.6 Å². The van der Waals surface area contributed by atoms with E-state index in [1.54, 1.807) is 58.0 Å². The summed E-state index contributed by atoms with van der Waals surface area (Å²) < 4.78 is 5.73. The molecule has 0 saturated carbocycles. The molecule has 1 heterocycles. The highest BCUT2D eigenvalue weighted by Gasteiger charge is 2.40. The van der Waals surface area contributed by atoms with Crippen molar-refractivity contribution in [1.29, 1.82) is 0 Å². The monoisotopic (exact) mass is 1140 g/mol. The predicted octanol–water partition coefficient (Wildman–Crippen LogP) is -2.44. The molecule has 0 aromatic heterocycles. The molecule has 0 bridgehead atoms. The third-order valence-corrected chi connectivity index (χ3v) is 13.5. The van der Waals surface area contributed by atoms with E-state index in [2.05, 4.69) is 47.9 Å². The second-order valence-corrected chi connectivity index (χ2v) is 21.0. The van der Waals surface area contributed by atoms with E-state index in [4.69, 9.17) is 22.1 Å². The Balaban J connectivity index is 2.79. The van der Waals surface area contributed by atoms with E-state index in [-0.39, 0.29) is 31.6 Å². The molecule has 27 heteroatoms. The van der Waals surface area contributed by atoms with E-state index in [0.717, 1.165) is 11.8 Å². The molecule has 1 aliphatic heterocycles. The van der Waals surface area contributed by atoms with Crippen LogP contribution in [-0.4, -0.2) is 178 Å². The molecule has 0 spiro atoms. The van der Waals surface area contributed by atoms with Gasteiger partial charge >= 0.3 is 5.97 Å². The lowest BCUT2D eigenvalue weighted by molar-refractivity contribution is -0.156. The Bertz CT molecular complexity index is 2280. The molecule has 0 aliphatic carbocycles. The van der Waals surface area contributed by atoms with Crippen molar-refractivity contribution in [2.45, 2.75) is 192 Å². The number of likely N-dealkylation sites (N-methyl/N-ethyl adjacent to an activating group) is 1. The summed E-state index contributed by atoms with van der Waals surface area (Å²) in [6.07, 6.45) is -5.70. The quantitative estimate of drug-likeness (QED) is 0.0438. The zero-order chi connectivity index (χ0) is 59.8. The second kappa shape index (κ2) is 33.5. The van der Waals surface area contributed by atoms with Gasteiger partial charge in [0.15, 0.2) is 0 Å². The largest absolute Gasteiger partial charge is 0.459 e. The minimum absolute atomic E-state index is 0.0104. The molecule has 1 saturated heterocycles. The number of nitrogens with zero attached hydrogens (tertiary/aromatic N) is 1. The lowest BCUT2D eigenvalue weighted by Gasteiger charge is -2.33. The molecule has 13 N–H and O–H groups in total. The van der Waals surface area contributed by atoms with Crippen molar-refractivity contribution < 1.29 is 72.5 Å². The van der Waals surface area contributed by atoms with Gasteiger partial charge < -0.3 is 73.4 Å². The summed E-state index contributed by atoms with van der Waals surface area (Å²) >= 11 is 6.46. The third kappa shape index (κ3) is 22.4. The minimum atomic E-state index is -1.85. The molecular formula is C52H82ClN11O15. The molecular weight excluding hydrogens is 1050 g/mol. The maximum Gasteiger partial charge on any atom is 0.328 e. The third-order valence-electron chi connectivity index (χ3n) is 13.1. The van der Waals surface area contributed by atoms with Crippen LogP contribution in [0.3, 0.4) is 0 Å². The van der Waals surface area contributed by atoms with Gasteiger partial charge in [0.2, 0.25) is 65.5 Å². The van der Waals surface area contributed by atoms with Gasteiger partial charge in [0.25, 0.3) is 0 Å². The number of amides is 11. The van der Waals surface area contributed by atoms with Crippen LogP contribution in [0.5, 0.6) is 0 Å². The number of carbonyl (C=O) groups is 12. The van der Waals surface area contributed by atoms with Gasteiger partial charge in [0.05, 0.1) is 37.6 Å². The average Bonchev–Trinajstić information content (AvgIpc) is 3.37. The van der Waals surface area contributed by atoms with E-state index < -0.39 is 168 Å². The van der Waals surface area contributed by atoms with Crippen LogP contribution >= 0.6 is 11.6 Å². The van der Waals surface area contributed by atoms with Crippen LogP contribution in [0, 0.1) is 11.8 Å². The Morgan fingerprint density at radius 3 is 1.95 bits per heavy atom. The molecule has 1 aromatic rings. The van der Waals surface area contributed by atoms with E-state index in [1.165, 1.54) is 34.7 Å². The summed E-state index contributed by atoms with van der Waals surface area (Å²) in [7, 11) is 1.28. The van der Waals surface area contributed by atoms with Gasteiger partial charge in [0.1, 0.15) is 54.4 Å². The fraction of sp³-hybridized carbons (Fsp3) is 0.654. The van der Waals surface area contributed by atoms with Crippen molar-refractivity contribution in [3.8, 4) is 0 Å². The first-order chi connectivity index (χ1) is 37.1. The summed E-state index contributed by atoms with van der Waals surface area (Å²) in [4.78, 5) is 164. The molecule has 1 fully saturated rings. The SMILES string of the molecule is CCC[C@@H]1C(=O)N[C@H]([C@H](C)[C@@H](C)Cl)C(=O)N[C@H](CC(N)=O)C(=O)N[C@H]([C@@H](C)O)C(=O)N[C@@H](Cc2ccccc2)C(=O)NCC(=O)N[C@H](CCC)C(=O)O[C@H](C)[C@H](NC(=O)[C@@H](CC(C)C)NC=O)[C@@H](O)CC(=O)N[C@H](C)C(=O)N1C. The van der Waals surface area contributed by atoms with Crippen LogP contribution in [0.25, 0.3) is 0 Å². The van der Waals surface area contributed by atoms with E-state index in [1.807, 2.05) is 0 Å². The number of aliphatic hydroxyl groups excluding tert-OH is 2. The minimum Gasteiger partial charge on any atom is -0.459 e. The highest BCUT2D eigenvalue weighted by molar-refractivity contribution is 6.20. The smallest absolute Gasteiger partial charge is 0.328 e. The van der Waals surface area contributed by atoms with Gasteiger partial charge in [-0.25, -0.2) is 4.79 Å². The Morgan fingerprint density at radius 1 is 0.797 bits per heavy atom. The molecule has 442 valence electrons. The zero-order valence-corrected chi connectivity index (χ0v) is 47.3. The zero-order valence-electron chi connectivity index (χ0n) is 46.6. The Morgan fingerprint density at radius 2 is 1.39 bits per heavy atom. The average molecular weight is 1140 g/mol. The highest BCUT2D eigenvalue weighted by Crippen LogP contribution is 2.18. The first kappa shape index (κ1) is 68.2. The fourth-order valence-electron chi connectivity index (χ4n) is 8.52. The second-order valence-electron chi connectivity index (χ2n) is 20.3. The molecule has 79 heavy (non-hydrogen) atoms. The number of nitrogens with two attached hydrogens (primary N) is 1. The van der Waals surface area contributed by atoms with E-state index >= 15 is 0 Å². The lowest BCUT2D eigenvalue weighted by atomic mass is 9.96. The number of nitrogens with one attached hydrogen (secondary N) is 9. The number of hydrogen-bond acceptors (Lipinski definition) is 15. The number of rotatable bonds is 17. The summed E-state index contributed by atoms with van der Waals surface area (Å²) in [6.45, 7) is 13.0. The number of cyclic esters (lactones) is 1. The van der Waals surface area contributed by atoms with Crippen molar-refractivity contribution in [3.63, 3.8) is 0 Å². The lowest BCUT2D eigenvalue weighted by Crippen LogP contribution is -2.63. The first-order valence-corrected chi connectivity index (χ1v) is 26.9. The summed E-state index contributed by atoms with van der Waals surface area (Å²) in [5, 5.41) is 43.8. The molecule has 11 amide bonds. The predicted molar refractivity (Wildman–Crippen MR) is 287 cm³/mol. The van der Waals surface area contributed by atoms with Gasteiger partial charge in [-0.2, -0.15) is 0 Å². The van der Waals surface area contributed by atoms with Crippen molar-refractivity contribution in [3.05, 3.63) is 35.9 Å². The van der Waals surface area contributed by atoms with Crippen molar-refractivity contribution in [1.82, 2.24) is 52.8 Å². The van der Waals surface area contributed by atoms with Gasteiger partial charge in [-0.3, -0.25) is 52.7 Å². The summed E-state index contributed by atoms with van der Waals surface area (Å²) in [6, 6.07) is -5.15. The molecule has 26 nitrogen and oxygen atoms in total. The number of aliphatic hydroxyl groups is 2. The van der Waals surface area contributed by atoms with E-state index in [9.17, 15) is 67.7 Å². The van der Waals surface area contributed by atoms with Crippen LogP contribution in [0.4, 0.5) is 0 Å². The summed E-state index contributed by atoms with van der Waals surface area (Å²) in [5.41, 5.74) is 6.02. The van der Waals surface area contributed by atoms with Crippen molar-refractivity contribution >= 4 is 83.1 Å². The number of ether oxygens (including phenoxy) is 1.